The molecule has 0 aliphatic carbocycles. The Morgan fingerprint density at radius 1 is 0.659 bits per heavy atom. The summed E-state index contributed by atoms with van der Waals surface area (Å²) in [6.45, 7) is 1.21. The van der Waals surface area contributed by atoms with Crippen LogP contribution >= 0.6 is 0 Å². The van der Waals surface area contributed by atoms with Gasteiger partial charge in [0.05, 0.1) is 27.8 Å². The summed E-state index contributed by atoms with van der Waals surface area (Å²) in [4.78, 5) is 51.1. The molecule has 0 amide bonds. The highest BCUT2D eigenvalue weighted by atomic mass is 16.5. The van der Waals surface area contributed by atoms with E-state index in [4.69, 9.17) is 18.3 Å². The monoisotopic (exact) mass is 590 g/mol. The summed E-state index contributed by atoms with van der Waals surface area (Å²) in [5.41, 5.74) is -1.94. The van der Waals surface area contributed by atoms with E-state index >= 15 is 0 Å². The third-order valence-corrected chi connectivity index (χ3v) is 7.00. The number of benzene rings is 4. The molecule has 0 saturated heterocycles. The van der Waals surface area contributed by atoms with Crippen LogP contribution in [0.5, 0.6) is 23.0 Å². The second-order valence-corrected chi connectivity index (χ2v) is 9.78. The van der Waals surface area contributed by atoms with Gasteiger partial charge in [-0.3, -0.25) is 4.79 Å². The molecular weight excluding hydrogens is 568 g/mol. The molecule has 0 spiro atoms. The highest BCUT2D eigenvalue weighted by Crippen LogP contribution is 2.42. The minimum atomic E-state index is -1.36. The van der Waals surface area contributed by atoms with Crippen molar-refractivity contribution in [3.05, 3.63) is 140 Å². The lowest BCUT2D eigenvalue weighted by molar-refractivity contribution is -0.131. The molecule has 0 bridgehead atoms. The van der Waals surface area contributed by atoms with Crippen molar-refractivity contribution in [3.8, 4) is 23.0 Å². The van der Waals surface area contributed by atoms with Gasteiger partial charge in [0.2, 0.25) is 0 Å². The van der Waals surface area contributed by atoms with E-state index in [1.165, 1.54) is 55.5 Å². The van der Waals surface area contributed by atoms with E-state index in [9.17, 15) is 29.4 Å². The number of esters is 2. The molecule has 44 heavy (non-hydrogen) atoms. The lowest BCUT2D eigenvalue weighted by Crippen LogP contribution is -2.21. The summed E-state index contributed by atoms with van der Waals surface area (Å²) < 4.78 is 21.6. The van der Waals surface area contributed by atoms with Crippen molar-refractivity contribution in [1.82, 2.24) is 0 Å². The summed E-state index contributed by atoms with van der Waals surface area (Å²) in [6, 6.07) is 24.5. The van der Waals surface area contributed by atoms with Gasteiger partial charge in [0.1, 0.15) is 39.7 Å². The topological polar surface area (TPSA) is 153 Å². The van der Waals surface area contributed by atoms with Crippen LogP contribution in [0.3, 0.4) is 0 Å². The summed E-state index contributed by atoms with van der Waals surface area (Å²) >= 11 is 0. The number of fused-ring (bicyclic) bond motifs is 2. The number of carbonyl (C=O) groups excluding carboxylic acids is 2. The molecule has 0 fully saturated rings. The Morgan fingerprint density at radius 3 is 1.70 bits per heavy atom. The van der Waals surface area contributed by atoms with Crippen LogP contribution in [-0.4, -0.2) is 22.2 Å². The van der Waals surface area contributed by atoms with E-state index in [1.54, 1.807) is 48.5 Å². The van der Waals surface area contributed by atoms with Gasteiger partial charge in [-0.2, -0.15) is 0 Å². The number of rotatable bonds is 6. The van der Waals surface area contributed by atoms with Gasteiger partial charge >= 0.3 is 23.2 Å². The summed E-state index contributed by atoms with van der Waals surface area (Å²) in [5.74, 6) is -3.53. The molecule has 10 heteroatoms. The van der Waals surface area contributed by atoms with Gasteiger partial charge in [0.15, 0.2) is 0 Å². The quantitative estimate of drug-likeness (QED) is 0.142. The van der Waals surface area contributed by atoms with Crippen molar-refractivity contribution in [1.29, 1.82) is 0 Å². The first-order valence-electron chi connectivity index (χ1n) is 13.3. The average Bonchev–Trinajstić information content (AvgIpc) is 3.00. The number of aromatic hydroxyl groups is 2. The maximum absolute atomic E-state index is 13.4. The van der Waals surface area contributed by atoms with Crippen molar-refractivity contribution < 1.29 is 38.1 Å². The van der Waals surface area contributed by atoms with Crippen LogP contribution in [0.1, 0.15) is 39.9 Å². The predicted octanol–water partition coefficient (Wildman–Crippen LogP) is 5.64. The van der Waals surface area contributed by atoms with E-state index in [0.717, 1.165) is 0 Å². The highest BCUT2D eigenvalue weighted by Gasteiger charge is 2.32. The fourth-order valence-corrected chi connectivity index (χ4v) is 5.05. The Hall–Kier alpha value is -6.16. The standard InChI is InChI=1S/C34H22O10/c1-18(35)41-26-13-7-4-10-23(26)32(38)42-20-16-14-19(15-17-20)27(28-30(36)21-8-2-5-11-24(21)43-33(28)39)29-31(37)22-9-3-6-12-25(22)44-34(29)40/h2-17,27,36-37H,1H3. The number of para-hydroxylation sites is 3. The minimum Gasteiger partial charge on any atom is -0.507 e. The maximum Gasteiger partial charge on any atom is 0.347 e. The zero-order chi connectivity index (χ0) is 31.0. The van der Waals surface area contributed by atoms with Gasteiger partial charge in [-0.25, -0.2) is 14.4 Å². The molecular formula is C34H22O10. The van der Waals surface area contributed by atoms with Crippen molar-refractivity contribution in [2.24, 2.45) is 0 Å². The molecule has 0 atom stereocenters. The first-order valence-corrected chi connectivity index (χ1v) is 13.3. The molecule has 2 aromatic heterocycles. The van der Waals surface area contributed by atoms with Crippen LogP contribution in [0.2, 0.25) is 0 Å². The maximum atomic E-state index is 13.4. The molecule has 0 radical (unpaired) electrons. The molecule has 6 rings (SSSR count). The molecule has 6 aromatic rings. The molecule has 0 aliphatic rings. The van der Waals surface area contributed by atoms with E-state index in [0.29, 0.717) is 0 Å². The zero-order valence-electron chi connectivity index (χ0n) is 23.0. The van der Waals surface area contributed by atoms with Gasteiger partial charge < -0.3 is 28.5 Å². The molecule has 0 aliphatic heterocycles. The first kappa shape index (κ1) is 28.0. The van der Waals surface area contributed by atoms with Crippen LogP contribution in [0.15, 0.2) is 115 Å². The Morgan fingerprint density at radius 2 is 1.16 bits per heavy atom. The first-order chi connectivity index (χ1) is 21.2. The normalized spacial score (nSPS) is 11.1. The summed E-state index contributed by atoms with van der Waals surface area (Å²) in [6.07, 6.45) is 0. The van der Waals surface area contributed by atoms with Gasteiger partial charge in [-0.15, -0.1) is 0 Å². The van der Waals surface area contributed by atoms with Gasteiger partial charge in [-0.05, 0) is 54.1 Å². The third-order valence-electron chi connectivity index (χ3n) is 7.00. The molecule has 0 saturated carbocycles. The highest BCUT2D eigenvalue weighted by molar-refractivity contribution is 5.95. The SMILES string of the molecule is CC(=O)Oc1ccccc1C(=O)Oc1ccc(C(c2c(O)c3ccccc3oc2=O)c2c(O)c3ccccc3oc2=O)cc1. The van der Waals surface area contributed by atoms with Gasteiger partial charge in [0, 0.05) is 6.92 Å². The van der Waals surface area contributed by atoms with Crippen LogP contribution in [0.4, 0.5) is 0 Å². The second-order valence-electron chi connectivity index (χ2n) is 9.78. The van der Waals surface area contributed by atoms with E-state index in [2.05, 4.69) is 0 Å². The Bertz CT molecular complexity index is 2090. The fourth-order valence-electron chi connectivity index (χ4n) is 5.05. The second kappa shape index (κ2) is 11.3. The van der Waals surface area contributed by atoms with Crippen molar-refractivity contribution >= 4 is 33.9 Å². The van der Waals surface area contributed by atoms with Crippen LogP contribution in [-0.2, 0) is 4.79 Å². The Balaban J connectivity index is 1.48. The van der Waals surface area contributed by atoms with Crippen LogP contribution in [0.25, 0.3) is 21.9 Å². The molecule has 4 aromatic carbocycles. The van der Waals surface area contributed by atoms with E-state index in [-0.39, 0.29) is 55.7 Å². The third kappa shape index (κ3) is 5.05. The minimum absolute atomic E-state index is 0.0158. The van der Waals surface area contributed by atoms with Crippen molar-refractivity contribution in [2.75, 3.05) is 0 Å². The Kier molecular flexibility index (Phi) is 7.16. The number of hydrogen-bond acceptors (Lipinski definition) is 10. The van der Waals surface area contributed by atoms with Crippen LogP contribution in [0, 0.1) is 0 Å². The number of ether oxygens (including phenoxy) is 2. The summed E-state index contributed by atoms with van der Waals surface area (Å²) in [5, 5.41) is 23.1. The predicted molar refractivity (Wildman–Crippen MR) is 158 cm³/mol. The van der Waals surface area contributed by atoms with Crippen LogP contribution < -0.4 is 20.7 Å². The van der Waals surface area contributed by atoms with Crippen molar-refractivity contribution in [3.63, 3.8) is 0 Å². The van der Waals surface area contributed by atoms with E-state index in [1.807, 2.05) is 0 Å². The zero-order valence-corrected chi connectivity index (χ0v) is 23.0. The van der Waals surface area contributed by atoms with Crippen molar-refractivity contribution in [2.45, 2.75) is 12.8 Å². The smallest absolute Gasteiger partial charge is 0.347 e. The molecule has 2 N–H and O–H groups in total. The number of carbonyl (C=O) groups is 2. The average molecular weight is 591 g/mol. The molecule has 10 nitrogen and oxygen atoms in total. The Labute approximate surface area is 247 Å². The van der Waals surface area contributed by atoms with Gasteiger partial charge in [0.25, 0.3) is 0 Å². The lowest BCUT2D eigenvalue weighted by Gasteiger charge is -2.20. The fraction of sp³-hybridized carbons (Fsp3) is 0.0588. The summed E-state index contributed by atoms with van der Waals surface area (Å²) in [7, 11) is 0. The largest absolute Gasteiger partial charge is 0.507 e. The van der Waals surface area contributed by atoms with E-state index < -0.39 is 40.6 Å². The lowest BCUT2D eigenvalue weighted by atomic mass is 9.84. The van der Waals surface area contributed by atoms with Gasteiger partial charge in [-0.1, -0.05) is 48.5 Å². The number of hydrogen-bond donors (Lipinski definition) is 2. The molecule has 0 unspecified atom stereocenters. The molecule has 218 valence electrons. The molecule has 2 heterocycles.